The summed E-state index contributed by atoms with van der Waals surface area (Å²) < 4.78 is 5.08. The van der Waals surface area contributed by atoms with E-state index in [9.17, 15) is 9.59 Å². The fourth-order valence-electron chi connectivity index (χ4n) is 2.27. The maximum atomic E-state index is 12.1. The third kappa shape index (κ3) is 5.46. The zero-order chi connectivity index (χ0) is 14.3. The van der Waals surface area contributed by atoms with Gasteiger partial charge in [-0.1, -0.05) is 0 Å². The van der Waals surface area contributed by atoms with Gasteiger partial charge < -0.3 is 20.1 Å². The van der Waals surface area contributed by atoms with Gasteiger partial charge in [-0.2, -0.15) is 0 Å². The molecular weight excluding hydrogens is 248 g/mol. The number of methoxy groups -OCH3 is 1. The maximum Gasteiger partial charge on any atom is 0.317 e. The van der Waals surface area contributed by atoms with Crippen molar-refractivity contribution < 1.29 is 19.4 Å². The smallest absolute Gasteiger partial charge is 0.317 e. The third-order valence-electron chi connectivity index (χ3n) is 3.52. The quantitative estimate of drug-likeness (QED) is 0.767. The van der Waals surface area contributed by atoms with Gasteiger partial charge in [-0.3, -0.25) is 4.79 Å². The first-order chi connectivity index (χ1) is 9.04. The molecule has 6 nitrogen and oxygen atoms in total. The highest BCUT2D eigenvalue weighted by Gasteiger charge is 2.26. The Bertz CT molecular complexity index is 309. The molecule has 0 aromatic heterocycles. The summed E-state index contributed by atoms with van der Waals surface area (Å²) >= 11 is 0. The van der Waals surface area contributed by atoms with Gasteiger partial charge in [0.05, 0.1) is 6.10 Å². The topological polar surface area (TPSA) is 78.9 Å². The van der Waals surface area contributed by atoms with Crippen molar-refractivity contribution >= 4 is 12.0 Å². The summed E-state index contributed by atoms with van der Waals surface area (Å²) in [6.45, 7) is 3.06. The molecule has 6 heteroatoms. The number of hydrogen-bond acceptors (Lipinski definition) is 3. The van der Waals surface area contributed by atoms with Gasteiger partial charge in [0.15, 0.2) is 0 Å². The van der Waals surface area contributed by atoms with Crippen LogP contribution in [0.25, 0.3) is 0 Å². The summed E-state index contributed by atoms with van der Waals surface area (Å²) in [4.78, 5) is 24.5. The van der Waals surface area contributed by atoms with Crippen LogP contribution in [0.4, 0.5) is 4.79 Å². The lowest BCUT2D eigenvalue weighted by Crippen LogP contribution is -2.50. The van der Waals surface area contributed by atoms with Crippen LogP contribution in [0.2, 0.25) is 0 Å². The van der Waals surface area contributed by atoms with Crippen LogP contribution in [0.15, 0.2) is 0 Å². The average Bonchev–Trinajstić information content (AvgIpc) is 2.42. The van der Waals surface area contributed by atoms with Gasteiger partial charge in [-0.25, -0.2) is 4.79 Å². The zero-order valence-corrected chi connectivity index (χ0v) is 11.7. The van der Waals surface area contributed by atoms with Crippen LogP contribution in [-0.2, 0) is 9.53 Å². The standard InChI is InChI=1S/C13H24N2O4/c1-10(19-2)9-14-13(18)15-8-4-3-5-11(15)6-7-12(16)17/h10-11H,3-9H2,1-2H3,(H,14,18)(H,16,17). The Hall–Kier alpha value is -1.30. The molecule has 2 N–H and O–H groups in total. The Kier molecular flexibility index (Phi) is 6.62. The minimum Gasteiger partial charge on any atom is -0.481 e. The number of aliphatic carboxylic acids is 1. The monoisotopic (exact) mass is 272 g/mol. The molecule has 2 atom stereocenters. The third-order valence-corrected chi connectivity index (χ3v) is 3.52. The molecule has 1 rings (SSSR count). The first-order valence-electron chi connectivity index (χ1n) is 6.83. The van der Waals surface area contributed by atoms with Crippen molar-refractivity contribution in [2.45, 2.75) is 51.2 Å². The number of piperidine rings is 1. The van der Waals surface area contributed by atoms with Gasteiger partial charge in [0, 0.05) is 32.7 Å². The Labute approximate surface area is 114 Å². The largest absolute Gasteiger partial charge is 0.481 e. The summed E-state index contributed by atoms with van der Waals surface area (Å²) in [5.74, 6) is -0.807. The van der Waals surface area contributed by atoms with Crippen LogP contribution in [0.5, 0.6) is 0 Å². The molecule has 0 radical (unpaired) electrons. The number of carbonyl (C=O) groups is 2. The van der Waals surface area contributed by atoms with Crippen LogP contribution in [0.3, 0.4) is 0 Å². The highest BCUT2D eigenvalue weighted by Crippen LogP contribution is 2.20. The summed E-state index contributed by atoms with van der Waals surface area (Å²) in [6, 6.07) is -0.0679. The predicted molar refractivity (Wildman–Crippen MR) is 71.1 cm³/mol. The molecule has 0 saturated carbocycles. The maximum absolute atomic E-state index is 12.1. The average molecular weight is 272 g/mol. The second kappa shape index (κ2) is 7.99. The van der Waals surface area contributed by atoms with Crippen molar-refractivity contribution in [1.29, 1.82) is 0 Å². The summed E-state index contributed by atoms with van der Waals surface area (Å²) in [5, 5.41) is 11.6. The van der Waals surface area contributed by atoms with Crippen LogP contribution >= 0.6 is 0 Å². The molecule has 1 aliphatic rings. The Morgan fingerprint density at radius 2 is 2.21 bits per heavy atom. The minimum absolute atomic E-state index is 0.0220. The number of nitrogens with one attached hydrogen (secondary N) is 1. The highest BCUT2D eigenvalue weighted by atomic mass is 16.5. The van der Waals surface area contributed by atoms with E-state index < -0.39 is 5.97 Å². The van der Waals surface area contributed by atoms with Crippen molar-refractivity contribution in [1.82, 2.24) is 10.2 Å². The van der Waals surface area contributed by atoms with Crippen LogP contribution in [0, 0.1) is 0 Å². The van der Waals surface area contributed by atoms with Crippen LogP contribution < -0.4 is 5.32 Å². The fourth-order valence-corrected chi connectivity index (χ4v) is 2.27. The van der Waals surface area contributed by atoms with Crippen molar-refractivity contribution in [2.24, 2.45) is 0 Å². The van der Waals surface area contributed by atoms with E-state index >= 15 is 0 Å². The van der Waals surface area contributed by atoms with E-state index in [1.54, 1.807) is 12.0 Å². The number of rotatable bonds is 6. The molecule has 1 heterocycles. The Morgan fingerprint density at radius 3 is 2.84 bits per heavy atom. The number of ether oxygens (including phenoxy) is 1. The number of nitrogens with zero attached hydrogens (tertiary/aromatic N) is 1. The number of hydrogen-bond donors (Lipinski definition) is 2. The normalized spacial score (nSPS) is 20.9. The zero-order valence-electron chi connectivity index (χ0n) is 11.7. The molecule has 1 fully saturated rings. The minimum atomic E-state index is -0.807. The van der Waals surface area contributed by atoms with Gasteiger partial charge in [0.2, 0.25) is 0 Å². The molecular formula is C13H24N2O4. The number of amides is 2. The molecule has 0 aromatic carbocycles. The number of likely N-dealkylation sites (tertiary alicyclic amines) is 1. The van der Waals surface area contributed by atoms with E-state index in [-0.39, 0.29) is 24.6 Å². The summed E-state index contributed by atoms with van der Waals surface area (Å²) in [6.07, 6.45) is 3.55. The van der Waals surface area contributed by atoms with E-state index in [4.69, 9.17) is 9.84 Å². The highest BCUT2D eigenvalue weighted by molar-refractivity contribution is 5.74. The number of urea groups is 1. The van der Waals surface area contributed by atoms with Gasteiger partial charge in [0.25, 0.3) is 0 Å². The van der Waals surface area contributed by atoms with Gasteiger partial charge in [-0.05, 0) is 32.6 Å². The van der Waals surface area contributed by atoms with E-state index in [0.29, 0.717) is 19.5 Å². The first kappa shape index (κ1) is 15.8. The second-order valence-corrected chi connectivity index (χ2v) is 5.01. The lowest BCUT2D eigenvalue weighted by Gasteiger charge is -2.35. The molecule has 0 aliphatic carbocycles. The summed E-state index contributed by atoms with van der Waals surface area (Å²) in [5.41, 5.74) is 0. The van der Waals surface area contributed by atoms with Crippen molar-refractivity contribution in [3.63, 3.8) is 0 Å². The van der Waals surface area contributed by atoms with Crippen molar-refractivity contribution in [3.8, 4) is 0 Å². The molecule has 0 spiro atoms. The lowest BCUT2D eigenvalue weighted by molar-refractivity contribution is -0.137. The molecule has 19 heavy (non-hydrogen) atoms. The molecule has 110 valence electrons. The van der Waals surface area contributed by atoms with E-state index in [0.717, 1.165) is 19.3 Å². The predicted octanol–water partition coefficient (Wildman–Crippen LogP) is 1.45. The van der Waals surface area contributed by atoms with E-state index in [2.05, 4.69) is 5.32 Å². The molecule has 1 aliphatic heterocycles. The van der Waals surface area contributed by atoms with Crippen molar-refractivity contribution in [3.05, 3.63) is 0 Å². The van der Waals surface area contributed by atoms with Gasteiger partial charge in [-0.15, -0.1) is 0 Å². The van der Waals surface area contributed by atoms with E-state index in [1.807, 2.05) is 6.92 Å². The fraction of sp³-hybridized carbons (Fsp3) is 0.846. The number of carbonyl (C=O) groups excluding carboxylic acids is 1. The Balaban J connectivity index is 2.46. The van der Waals surface area contributed by atoms with Gasteiger partial charge in [0.1, 0.15) is 0 Å². The summed E-state index contributed by atoms with van der Waals surface area (Å²) in [7, 11) is 1.60. The molecule has 2 amide bonds. The van der Waals surface area contributed by atoms with E-state index in [1.165, 1.54) is 0 Å². The first-order valence-corrected chi connectivity index (χ1v) is 6.83. The lowest BCUT2D eigenvalue weighted by atomic mass is 9.98. The van der Waals surface area contributed by atoms with Gasteiger partial charge >= 0.3 is 12.0 Å². The van der Waals surface area contributed by atoms with Crippen LogP contribution in [0.1, 0.15) is 39.0 Å². The number of carboxylic acids is 1. The molecule has 0 aromatic rings. The van der Waals surface area contributed by atoms with Crippen LogP contribution in [-0.4, -0.2) is 54.4 Å². The SMILES string of the molecule is COC(C)CNC(=O)N1CCCCC1CCC(=O)O. The molecule has 1 saturated heterocycles. The Morgan fingerprint density at radius 1 is 1.47 bits per heavy atom. The molecule has 2 unspecified atom stereocenters. The number of carboxylic acid groups (broad SMARTS) is 1. The molecule has 0 bridgehead atoms. The van der Waals surface area contributed by atoms with Crippen molar-refractivity contribution in [2.75, 3.05) is 20.2 Å². The second-order valence-electron chi connectivity index (χ2n) is 5.01.